The molecule has 0 bridgehead atoms. The van der Waals surface area contributed by atoms with Crippen LogP contribution in [0.25, 0.3) is 11.0 Å². The van der Waals surface area contributed by atoms with Gasteiger partial charge in [0.15, 0.2) is 0 Å². The Labute approximate surface area is 220 Å². The number of para-hydroxylation sites is 1. The quantitative estimate of drug-likeness (QED) is 0.193. The lowest BCUT2D eigenvalue weighted by atomic mass is 10.1. The molecule has 0 aliphatic carbocycles. The SMILES string of the molecule is Cc1c(C(=O)O)oc2ccc(SN(CCc3ccccc3)Cc3ccc(Oc4ccccc4)cc3)cc12. The summed E-state index contributed by atoms with van der Waals surface area (Å²) in [4.78, 5) is 12.5. The summed E-state index contributed by atoms with van der Waals surface area (Å²) < 4.78 is 13.8. The first-order valence-electron chi connectivity index (χ1n) is 12.1. The van der Waals surface area contributed by atoms with E-state index in [1.807, 2.05) is 66.7 Å². The van der Waals surface area contributed by atoms with E-state index in [4.69, 9.17) is 9.15 Å². The number of ether oxygens (including phenoxy) is 1. The van der Waals surface area contributed by atoms with Gasteiger partial charge in [0, 0.05) is 28.9 Å². The van der Waals surface area contributed by atoms with Crippen molar-refractivity contribution >= 4 is 28.9 Å². The summed E-state index contributed by atoms with van der Waals surface area (Å²) in [6, 6.07) is 34.2. The second-order valence-corrected chi connectivity index (χ2v) is 9.94. The number of hydrogen-bond donors (Lipinski definition) is 1. The van der Waals surface area contributed by atoms with Crippen LogP contribution in [0.3, 0.4) is 0 Å². The second kappa shape index (κ2) is 11.4. The smallest absolute Gasteiger partial charge is 0.372 e. The maximum atomic E-state index is 11.5. The molecule has 0 fully saturated rings. The number of carboxylic acid groups (broad SMARTS) is 1. The van der Waals surface area contributed by atoms with Crippen molar-refractivity contribution in [3.63, 3.8) is 0 Å². The van der Waals surface area contributed by atoms with Gasteiger partial charge in [0.05, 0.1) is 0 Å². The Morgan fingerprint density at radius 3 is 2.24 bits per heavy atom. The maximum absolute atomic E-state index is 11.5. The van der Waals surface area contributed by atoms with Gasteiger partial charge in [-0.2, -0.15) is 0 Å². The van der Waals surface area contributed by atoms with Crippen molar-refractivity contribution in [2.75, 3.05) is 6.54 Å². The number of fused-ring (bicyclic) bond motifs is 1. The van der Waals surface area contributed by atoms with E-state index in [2.05, 4.69) is 40.7 Å². The van der Waals surface area contributed by atoms with Crippen LogP contribution in [-0.2, 0) is 13.0 Å². The van der Waals surface area contributed by atoms with Crippen LogP contribution in [-0.4, -0.2) is 21.9 Å². The molecule has 0 amide bonds. The lowest BCUT2D eigenvalue weighted by molar-refractivity contribution is 0.0664. The van der Waals surface area contributed by atoms with Crippen molar-refractivity contribution < 1.29 is 19.1 Å². The first kappa shape index (κ1) is 24.7. The minimum Gasteiger partial charge on any atom is -0.475 e. The summed E-state index contributed by atoms with van der Waals surface area (Å²) in [6.45, 7) is 3.38. The molecule has 37 heavy (non-hydrogen) atoms. The number of hydrogen-bond acceptors (Lipinski definition) is 5. The summed E-state index contributed by atoms with van der Waals surface area (Å²) in [6.07, 6.45) is 0.916. The number of carboxylic acids is 1. The van der Waals surface area contributed by atoms with E-state index in [0.29, 0.717) is 11.1 Å². The van der Waals surface area contributed by atoms with Gasteiger partial charge in [0.25, 0.3) is 0 Å². The predicted molar refractivity (Wildman–Crippen MR) is 147 cm³/mol. The molecule has 0 saturated carbocycles. The standard InChI is InChI=1S/C31H27NO4S/c1-22-28-20-27(16-17-29(28)36-30(22)31(33)34)37-32(19-18-23-8-4-2-5-9-23)21-24-12-14-26(15-13-24)35-25-10-6-3-7-11-25/h2-17,20H,18-19,21H2,1H3,(H,33,34). The Morgan fingerprint density at radius 2 is 1.54 bits per heavy atom. The minimum atomic E-state index is -1.05. The molecule has 0 unspecified atom stereocenters. The van der Waals surface area contributed by atoms with Gasteiger partial charge >= 0.3 is 5.97 Å². The predicted octanol–water partition coefficient (Wildman–Crippen LogP) is 7.98. The van der Waals surface area contributed by atoms with Crippen molar-refractivity contribution in [3.05, 3.63) is 126 Å². The van der Waals surface area contributed by atoms with Crippen molar-refractivity contribution in [3.8, 4) is 11.5 Å². The van der Waals surface area contributed by atoms with Gasteiger partial charge in [-0.1, -0.05) is 60.7 Å². The summed E-state index contributed by atoms with van der Waals surface area (Å²) in [5, 5.41) is 10.2. The van der Waals surface area contributed by atoms with Gasteiger partial charge in [-0.3, -0.25) is 0 Å². The third-order valence-electron chi connectivity index (χ3n) is 6.09. The lowest BCUT2D eigenvalue weighted by Gasteiger charge is -2.21. The number of carbonyl (C=O) groups is 1. The molecular formula is C31H27NO4S. The number of benzene rings is 4. The van der Waals surface area contributed by atoms with Crippen LogP contribution < -0.4 is 4.74 Å². The molecule has 1 N–H and O–H groups in total. The van der Waals surface area contributed by atoms with Crippen molar-refractivity contribution in [1.82, 2.24) is 4.31 Å². The van der Waals surface area contributed by atoms with E-state index in [0.717, 1.165) is 41.3 Å². The maximum Gasteiger partial charge on any atom is 0.372 e. The molecule has 5 rings (SSSR count). The van der Waals surface area contributed by atoms with Crippen LogP contribution in [0, 0.1) is 6.92 Å². The van der Waals surface area contributed by atoms with E-state index in [1.54, 1.807) is 18.9 Å². The molecule has 1 heterocycles. The topological polar surface area (TPSA) is 62.9 Å². The molecule has 5 aromatic rings. The summed E-state index contributed by atoms with van der Waals surface area (Å²) >= 11 is 1.66. The first-order valence-corrected chi connectivity index (χ1v) is 12.9. The highest BCUT2D eigenvalue weighted by Gasteiger charge is 2.18. The van der Waals surface area contributed by atoms with E-state index in [-0.39, 0.29) is 5.76 Å². The van der Waals surface area contributed by atoms with Crippen LogP contribution in [0.1, 0.15) is 27.2 Å². The highest BCUT2D eigenvalue weighted by molar-refractivity contribution is 7.97. The molecule has 6 heteroatoms. The van der Waals surface area contributed by atoms with Crippen LogP contribution >= 0.6 is 11.9 Å². The van der Waals surface area contributed by atoms with Gasteiger partial charge < -0.3 is 14.3 Å². The Morgan fingerprint density at radius 1 is 0.865 bits per heavy atom. The van der Waals surface area contributed by atoms with Gasteiger partial charge in [-0.25, -0.2) is 9.10 Å². The van der Waals surface area contributed by atoms with Crippen molar-refractivity contribution in [2.24, 2.45) is 0 Å². The molecular weight excluding hydrogens is 482 g/mol. The number of nitrogens with zero attached hydrogens (tertiary/aromatic N) is 1. The fraction of sp³-hybridized carbons (Fsp3) is 0.129. The van der Waals surface area contributed by atoms with Gasteiger partial charge in [-0.05, 0) is 78.9 Å². The Bertz CT molecular complexity index is 1480. The molecule has 0 radical (unpaired) electrons. The normalized spacial score (nSPS) is 11.2. The fourth-order valence-corrected chi connectivity index (χ4v) is 5.15. The average Bonchev–Trinajstić information content (AvgIpc) is 3.25. The highest BCUT2D eigenvalue weighted by Crippen LogP contribution is 2.32. The van der Waals surface area contributed by atoms with Crippen LogP contribution in [0.15, 0.2) is 112 Å². The third-order valence-corrected chi connectivity index (χ3v) is 7.12. The van der Waals surface area contributed by atoms with Gasteiger partial charge in [0.2, 0.25) is 5.76 Å². The monoisotopic (exact) mass is 509 g/mol. The third kappa shape index (κ3) is 6.23. The van der Waals surface area contributed by atoms with Crippen LogP contribution in [0.2, 0.25) is 0 Å². The molecule has 0 aliphatic rings. The Balaban J connectivity index is 1.34. The zero-order valence-corrected chi connectivity index (χ0v) is 21.3. The van der Waals surface area contributed by atoms with E-state index in [9.17, 15) is 9.90 Å². The van der Waals surface area contributed by atoms with Gasteiger partial charge in [0.1, 0.15) is 17.1 Å². The first-order chi connectivity index (χ1) is 18.0. The molecule has 186 valence electrons. The molecule has 0 atom stereocenters. The van der Waals surface area contributed by atoms with Crippen molar-refractivity contribution in [2.45, 2.75) is 24.8 Å². The number of aryl methyl sites for hydroxylation is 1. The van der Waals surface area contributed by atoms with Crippen LogP contribution in [0.5, 0.6) is 11.5 Å². The Kier molecular flexibility index (Phi) is 7.59. The van der Waals surface area contributed by atoms with E-state index >= 15 is 0 Å². The number of aromatic carboxylic acids is 1. The number of rotatable bonds is 10. The summed E-state index contributed by atoms with van der Waals surface area (Å²) in [5.74, 6) is 0.558. The van der Waals surface area contributed by atoms with E-state index < -0.39 is 5.97 Å². The van der Waals surface area contributed by atoms with Crippen molar-refractivity contribution in [1.29, 1.82) is 0 Å². The minimum absolute atomic E-state index is 0.00380. The fourth-order valence-electron chi connectivity index (χ4n) is 4.16. The molecule has 1 aromatic heterocycles. The molecule has 0 saturated heterocycles. The zero-order chi connectivity index (χ0) is 25.6. The zero-order valence-electron chi connectivity index (χ0n) is 20.5. The molecule has 0 aliphatic heterocycles. The summed E-state index contributed by atoms with van der Waals surface area (Å²) in [7, 11) is 0. The largest absolute Gasteiger partial charge is 0.475 e. The number of furan rings is 1. The molecule has 5 nitrogen and oxygen atoms in total. The average molecular weight is 510 g/mol. The van der Waals surface area contributed by atoms with Gasteiger partial charge in [-0.15, -0.1) is 0 Å². The molecule has 0 spiro atoms. The summed E-state index contributed by atoms with van der Waals surface area (Å²) in [5.41, 5.74) is 3.69. The lowest BCUT2D eigenvalue weighted by Crippen LogP contribution is -2.18. The highest BCUT2D eigenvalue weighted by atomic mass is 32.2. The Hall–Kier alpha value is -4.00. The van der Waals surface area contributed by atoms with E-state index in [1.165, 1.54) is 11.1 Å². The van der Waals surface area contributed by atoms with Crippen LogP contribution in [0.4, 0.5) is 0 Å². The molecule has 4 aromatic carbocycles. The second-order valence-electron chi connectivity index (χ2n) is 8.77.